The first-order valence-electron chi connectivity index (χ1n) is 6.54. The van der Waals surface area contributed by atoms with Crippen LogP contribution in [0.1, 0.15) is 5.56 Å². The summed E-state index contributed by atoms with van der Waals surface area (Å²) in [5, 5.41) is 2.80. The Bertz CT molecular complexity index is 617. The van der Waals surface area contributed by atoms with E-state index in [1.807, 2.05) is 30.3 Å². The lowest BCUT2D eigenvalue weighted by Gasteiger charge is -2.13. The number of nitrogens with one attached hydrogen (secondary N) is 1. The van der Waals surface area contributed by atoms with Crippen molar-refractivity contribution in [3.8, 4) is 5.75 Å². The fourth-order valence-corrected chi connectivity index (χ4v) is 2.48. The first-order chi connectivity index (χ1) is 10.1. The van der Waals surface area contributed by atoms with Gasteiger partial charge < -0.3 is 15.8 Å². The van der Waals surface area contributed by atoms with E-state index >= 15 is 0 Å². The molecule has 2 rings (SSSR count). The number of methoxy groups -OCH3 is 1. The smallest absolute Gasteiger partial charge is 0.241 e. The second-order valence-corrected chi connectivity index (χ2v) is 5.49. The maximum Gasteiger partial charge on any atom is 0.241 e. The molecule has 21 heavy (non-hydrogen) atoms. The van der Waals surface area contributed by atoms with Gasteiger partial charge in [-0.3, -0.25) is 4.79 Å². The maximum atomic E-state index is 12.1. The largest absolute Gasteiger partial charge is 0.496 e. The average molecular weight is 349 g/mol. The molecule has 1 atom stereocenters. The van der Waals surface area contributed by atoms with Crippen molar-refractivity contribution in [2.75, 3.05) is 12.4 Å². The number of carbonyl (C=O) groups excluding carboxylic acids is 1. The fraction of sp³-hybridized carbons (Fsp3) is 0.188. The Morgan fingerprint density at radius 3 is 2.62 bits per heavy atom. The van der Waals surface area contributed by atoms with Crippen molar-refractivity contribution in [3.63, 3.8) is 0 Å². The third kappa shape index (κ3) is 4.31. The first-order valence-corrected chi connectivity index (χ1v) is 7.33. The minimum atomic E-state index is -0.590. The predicted octanol–water partition coefficient (Wildman–Crippen LogP) is 2.97. The maximum absolute atomic E-state index is 12.1. The van der Waals surface area contributed by atoms with Crippen molar-refractivity contribution in [1.82, 2.24) is 0 Å². The van der Waals surface area contributed by atoms with Crippen molar-refractivity contribution in [1.29, 1.82) is 0 Å². The van der Waals surface area contributed by atoms with Crippen LogP contribution in [0.2, 0.25) is 0 Å². The van der Waals surface area contributed by atoms with Crippen LogP contribution in [0, 0.1) is 0 Å². The molecule has 0 aliphatic rings. The molecule has 0 spiro atoms. The normalized spacial score (nSPS) is 11.8. The van der Waals surface area contributed by atoms with Gasteiger partial charge in [0.1, 0.15) is 5.75 Å². The Morgan fingerprint density at radius 2 is 2.00 bits per heavy atom. The third-order valence-corrected chi connectivity index (χ3v) is 3.67. The number of amides is 1. The summed E-state index contributed by atoms with van der Waals surface area (Å²) in [6, 6.07) is 14.5. The van der Waals surface area contributed by atoms with E-state index in [1.165, 1.54) is 0 Å². The Morgan fingerprint density at radius 1 is 1.29 bits per heavy atom. The van der Waals surface area contributed by atoms with E-state index in [9.17, 15) is 4.79 Å². The van der Waals surface area contributed by atoms with Crippen LogP contribution in [0.5, 0.6) is 5.75 Å². The number of ether oxygens (including phenoxy) is 1. The van der Waals surface area contributed by atoms with Gasteiger partial charge >= 0.3 is 0 Å². The molecule has 0 saturated carbocycles. The molecule has 0 aromatic heterocycles. The summed E-state index contributed by atoms with van der Waals surface area (Å²) >= 11 is 3.38. The molecule has 3 N–H and O–H groups in total. The summed E-state index contributed by atoms with van der Waals surface area (Å²) in [5.74, 6) is 0.498. The summed E-state index contributed by atoms with van der Waals surface area (Å²) in [7, 11) is 1.59. The minimum absolute atomic E-state index is 0.212. The third-order valence-electron chi connectivity index (χ3n) is 3.05. The highest BCUT2D eigenvalue weighted by Gasteiger charge is 2.14. The van der Waals surface area contributed by atoms with Gasteiger partial charge in [0.15, 0.2) is 0 Å². The molecule has 1 amide bonds. The quantitative estimate of drug-likeness (QED) is 0.872. The standard InChI is InChI=1S/C16H17BrN2O2/c1-21-15-8-7-12(10-13(15)17)19-16(20)14(18)9-11-5-3-2-4-6-11/h2-8,10,14H,9,18H2,1H3,(H,19,20). The highest BCUT2D eigenvalue weighted by molar-refractivity contribution is 9.10. The zero-order valence-electron chi connectivity index (χ0n) is 11.7. The topological polar surface area (TPSA) is 64.3 Å². The molecule has 2 aromatic carbocycles. The highest BCUT2D eigenvalue weighted by atomic mass is 79.9. The van der Waals surface area contributed by atoms with Crippen LogP contribution < -0.4 is 15.8 Å². The summed E-state index contributed by atoms with van der Waals surface area (Å²) in [4.78, 5) is 12.1. The van der Waals surface area contributed by atoms with Crippen molar-refractivity contribution in [3.05, 3.63) is 58.6 Å². The lowest BCUT2D eigenvalue weighted by Crippen LogP contribution is -2.37. The minimum Gasteiger partial charge on any atom is -0.496 e. The number of hydrogen-bond acceptors (Lipinski definition) is 3. The molecule has 0 fully saturated rings. The lowest BCUT2D eigenvalue weighted by molar-refractivity contribution is -0.117. The SMILES string of the molecule is COc1ccc(NC(=O)C(N)Cc2ccccc2)cc1Br. The van der Waals surface area contributed by atoms with Gasteiger partial charge in [0.05, 0.1) is 17.6 Å². The van der Waals surface area contributed by atoms with Gasteiger partial charge in [0, 0.05) is 5.69 Å². The second kappa shape index (κ2) is 7.24. The Hall–Kier alpha value is -1.85. The molecule has 2 aromatic rings. The second-order valence-electron chi connectivity index (χ2n) is 4.63. The Labute approximate surface area is 132 Å². The lowest BCUT2D eigenvalue weighted by atomic mass is 10.1. The van der Waals surface area contributed by atoms with E-state index in [4.69, 9.17) is 10.5 Å². The van der Waals surface area contributed by atoms with Crippen LogP contribution in [0.25, 0.3) is 0 Å². The molecule has 1 unspecified atom stereocenters. The molecule has 4 nitrogen and oxygen atoms in total. The Balaban J connectivity index is 1.99. The van der Waals surface area contributed by atoms with E-state index in [0.717, 1.165) is 10.0 Å². The monoisotopic (exact) mass is 348 g/mol. The van der Waals surface area contributed by atoms with Gasteiger partial charge in [-0.1, -0.05) is 30.3 Å². The van der Waals surface area contributed by atoms with Crippen LogP contribution in [-0.4, -0.2) is 19.1 Å². The van der Waals surface area contributed by atoms with Crippen LogP contribution in [0.15, 0.2) is 53.0 Å². The molecule has 110 valence electrons. The number of benzene rings is 2. The molecular formula is C16H17BrN2O2. The van der Waals surface area contributed by atoms with Crippen LogP contribution in [0.4, 0.5) is 5.69 Å². The van der Waals surface area contributed by atoms with Gasteiger partial charge in [-0.15, -0.1) is 0 Å². The zero-order chi connectivity index (χ0) is 15.2. The number of halogens is 1. The van der Waals surface area contributed by atoms with E-state index in [1.54, 1.807) is 25.3 Å². The number of rotatable bonds is 5. The van der Waals surface area contributed by atoms with E-state index in [2.05, 4.69) is 21.2 Å². The molecule has 0 aliphatic heterocycles. The molecule has 0 bridgehead atoms. The van der Waals surface area contributed by atoms with Crippen molar-refractivity contribution in [2.24, 2.45) is 5.73 Å². The van der Waals surface area contributed by atoms with Crippen LogP contribution in [0.3, 0.4) is 0 Å². The number of hydrogen-bond donors (Lipinski definition) is 2. The van der Waals surface area contributed by atoms with Crippen molar-refractivity contribution < 1.29 is 9.53 Å². The summed E-state index contributed by atoms with van der Waals surface area (Å²) in [5.41, 5.74) is 7.66. The summed E-state index contributed by atoms with van der Waals surface area (Å²) in [6.45, 7) is 0. The zero-order valence-corrected chi connectivity index (χ0v) is 13.3. The Kier molecular flexibility index (Phi) is 5.36. The van der Waals surface area contributed by atoms with Crippen molar-refractivity contribution in [2.45, 2.75) is 12.5 Å². The van der Waals surface area contributed by atoms with E-state index in [0.29, 0.717) is 17.9 Å². The van der Waals surface area contributed by atoms with Crippen molar-refractivity contribution >= 4 is 27.5 Å². The molecule has 5 heteroatoms. The highest BCUT2D eigenvalue weighted by Crippen LogP contribution is 2.27. The molecule has 0 aliphatic carbocycles. The van der Waals surface area contributed by atoms with E-state index < -0.39 is 6.04 Å². The summed E-state index contributed by atoms with van der Waals surface area (Å²) < 4.78 is 5.92. The number of nitrogens with two attached hydrogens (primary N) is 1. The molecule has 0 radical (unpaired) electrons. The molecule has 0 saturated heterocycles. The molecular weight excluding hydrogens is 332 g/mol. The van der Waals surface area contributed by atoms with Gasteiger partial charge in [0.2, 0.25) is 5.91 Å². The van der Waals surface area contributed by atoms with Gasteiger partial charge in [0.25, 0.3) is 0 Å². The number of carbonyl (C=O) groups is 1. The van der Waals surface area contributed by atoms with Gasteiger partial charge in [-0.2, -0.15) is 0 Å². The summed E-state index contributed by atoms with van der Waals surface area (Å²) in [6.07, 6.45) is 0.504. The first kappa shape index (κ1) is 15.5. The molecule has 0 heterocycles. The van der Waals surface area contributed by atoms with Gasteiger partial charge in [-0.25, -0.2) is 0 Å². The number of anilines is 1. The fourth-order valence-electron chi connectivity index (χ4n) is 1.94. The predicted molar refractivity (Wildman–Crippen MR) is 87.4 cm³/mol. The van der Waals surface area contributed by atoms with E-state index in [-0.39, 0.29) is 5.91 Å². The van der Waals surface area contributed by atoms with Crippen LogP contribution in [-0.2, 0) is 11.2 Å². The van der Waals surface area contributed by atoms with Crippen LogP contribution >= 0.6 is 15.9 Å². The van der Waals surface area contributed by atoms with Gasteiger partial charge in [-0.05, 0) is 46.1 Å². The average Bonchev–Trinajstić information content (AvgIpc) is 2.48.